The summed E-state index contributed by atoms with van der Waals surface area (Å²) in [7, 11) is 0. The molecule has 0 fully saturated rings. The van der Waals surface area contributed by atoms with E-state index in [4.69, 9.17) is 33.2 Å². The second-order valence-electron chi connectivity index (χ2n) is 11.1. The van der Waals surface area contributed by atoms with Gasteiger partial charge in [-0.2, -0.15) is 0 Å². The Morgan fingerprint density at radius 2 is 0.826 bits per heavy atom. The molecule has 0 heterocycles. The van der Waals surface area contributed by atoms with Crippen molar-refractivity contribution < 1.29 is 47.5 Å². The number of ether oxygens (including phenoxy) is 7. The van der Waals surface area contributed by atoms with E-state index in [1.165, 1.54) is 70.6 Å². The molecule has 0 saturated carbocycles. The van der Waals surface area contributed by atoms with E-state index in [1.807, 2.05) is 0 Å². The number of carbonyl (C=O) groups is 3. The Hall–Kier alpha value is -2.37. The highest BCUT2D eigenvalue weighted by molar-refractivity contribution is 6.40. The summed E-state index contributed by atoms with van der Waals surface area (Å²) in [6.45, 7) is 6.42. The molecule has 0 N–H and O–H groups in total. The molecule has 0 unspecified atom stereocenters. The van der Waals surface area contributed by atoms with Crippen LogP contribution in [-0.2, 0) is 42.7 Å². The Bertz CT molecular complexity index is 848. The molecule has 264 valence electrons. The van der Waals surface area contributed by atoms with Crippen LogP contribution in [0.3, 0.4) is 0 Å². The molecule has 0 spiro atoms. The van der Waals surface area contributed by atoms with E-state index >= 15 is 0 Å². The molecule has 1 aromatic carbocycles. The highest BCUT2D eigenvalue weighted by atomic mass is 16.6. The number of hydrogen-bond acceptors (Lipinski definition) is 10. The van der Waals surface area contributed by atoms with Gasteiger partial charge in [0.25, 0.3) is 5.78 Å². The Balaban J connectivity index is 1.71. The minimum absolute atomic E-state index is 0.00141. The van der Waals surface area contributed by atoms with Crippen LogP contribution in [-0.4, -0.2) is 97.0 Å². The van der Waals surface area contributed by atoms with Crippen LogP contribution in [0.4, 0.5) is 0 Å². The monoisotopic (exact) mass is 652 g/mol. The van der Waals surface area contributed by atoms with Crippen LogP contribution in [0.15, 0.2) is 30.3 Å². The zero-order valence-electron chi connectivity index (χ0n) is 28.4. The van der Waals surface area contributed by atoms with Gasteiger partial charge in [0, 0.05) is 12.0 Å². The van der Waals surface area contributed by atoms with E-state index < -0.39 is 11.8 Å². The number of Topliss-reactive ketones (excluding diaryl/α,β-unsaturated/α-hetero) is 1. The molecule has 0 amide bonds. The molecule has 0 saturated heterocycles. The molecule has 1 rings (SSSR count). The van der Waals surface area contributed by atoms with E-state index in [9.17, 15) is 14.4 Å². The molecular weight excluding hydrogens is 592 g/mol. The van der Waals surface area contributed by atoms with Gasteiger partial charge in [-0.1, -0.05) is 114 Å². The van der Waals surface area contributed by atoms with E-state index in [0.29, 0.717) is 71.4 Å². The molecular formula is C36H60O10. The lowest BCUT2D eigenvalue weighted by molar-refractivity contribution is -0.145. The van der Waals surface area contributed by atoms with E-state index in [2.05, 4.69) is 6.92 Å². The summed E-state index contributed by atoms with van der Waals surface area (Å²) < 4.78 is 37.2. The number of esters is 2. The maximum atomic E-state index is 11.9. The molecule has 1 aromatic rings. The number of ketones is 1. The third-order valence-electron chi connectivity index (χ3n) is 7.15. The smallest absolute Gasteiger partial charge is 0.379 e. The predicted octanol–water partition coefficient (Wildman–Crippen LogP) is 6.52. The van der Waals surface area contributed by atoms with Gasteiger partial charge in [0.05, 0.1) is 66.1 Å². The van der Waals surface area contributed by atoms with E-state index in [-0.39, 0.29) is 25.8 Å². The average molecular weight is 653 g/mol. The lowest BCUT2D eigenvalue weighted by Crippen LogP contribution is -2.20. The van der Waals surface area contributed by atoms with Gasteiger partial charge in [-0.3, -0.25) is 9.59 Å². The minimum atomic E-state index is -0.896. The summed E-state index contributed by atoms with van der Waals surface area (Å²) in [6, 6.07) is 8.27. The summed E-state index contributed by atoms with van der Waals surface area (Å²) in [5.74, 6) is -1.71. The lowest BCUT2D eigenvalue weighted by Gasteiger charge is -2.08. The van der Waals surface area contributed by atoms with Crippen molar-refractivity contribution >= 4 is 17.7 Å². The standard InChI is InChI=1S/C36H60O10/c1-2-3-4-5-6-7-8-9-10-11-12-13-17-20-34(37)45-31-29-43-27-25-41-23-21-40-22-24-42-26-28-44-30-32-46-36(39)35(38)33-18-15-14-16-19-33/h14-16,18-19H,2-13,17,20-32H2,1H3. The van der Waals surface area contributed by atoms with Crippen molar-refractivity contribution in [3.63, 3.8) is 0 Å². The van der Waals surface area contributed by atoms with Crippen molar-refractivity contribution in [3.05, 3.63) is 35.9 Å². The fraction of sp³-hybridized carbons (Fsp3) is 0.750. The molecule has 0 radical (unpaired) electrons. The van der Waals surface area contributed by atoms with Crippen LogP contribution >= 0.6 is 0 Å². The lowest BCUT2D eigenvalue weighted by atomic mass is 10.0. The van der Waals surface area contributed by atoms with Crippen molar-refractivity contribution in [2.45, 2.75) is 96.8 Å². The highest BCUT2D eigenvalue weighted by Crippen LogP contribution is 2.13. The third kappa shape index (κ3) is 26.8. The molecule has 0 aliphatic carbocycles. The first kappa shape index (κ1) is 41.7. The summed E-state index contributed by atoms with van der Waals surface area (Å²) in [6.07, 6.45) is 17.2. The second-order valence-corrected chi connectivity index (χ2v) is 11.1. The van der Waals surface area contributed by atoms with Crippen LogP contribution in [0.2, 0.25) is 0 Å². The summed E-state index contributed by atoms with van der Waals surface area (Å²) >= 11 is 0. The van der Waals surface area contributed by atoms with Crippen LogP contribution in [0.1, 0.15) is 107 Å². The SMILES string of the molecule is CCCCCCCCCCCCCCCC(=O)OCCOCCOCCOCCOCCOCCOC(=O)C(=O)c1ccccc1. The van der Waals surface area contributed by atoms with Gasteiger partial charge in [0.1, 0.15) is 13.2 Å². The van der Waals surface area contributed by atoms with Crippen LogP contribution in [0.5, 0.6) is 0 Å². The first-order chi connectivity index (χ1) is 22.6. The molecule has 0 aliphatic rings. The van der Waals surface area contributed by atoms with Gasteiger partial charge in [0.2, 0.25) is 0 Å². The zero-order valence-corrected chi connectivity index (χ0v) is 28.4. The van der Waals surface area contributed by atoms with Crippen molar-refractivity contribution in [1.29, 1.82) is 0 Å². The van der Waals surface area contributed by atoms with Gasteiger partial charge in [-0.05, 0) is 6.42 Å². The number of carbonyl (C=O) groups excluding carboxylic acids is 3. The van der Waals surface area contributed by atoms with Gasteiger partial charge in [-0.25, -0.2) is 4.79 Å². The Labute approximate surface area is 277 Å². The molecule has 10 heteroatoms. The summed E-state index contributed by atoms with van der Waals surface area (Å²) in [4.78, 5) is 35.5. The number of rotatable bonds is 34. The number of hydrogen-bond donors (Lipinski definition) is 0. The fourth-order valence-electron chi connectivity index (χ4n) is 4.52. The summed E-state index contributed by atoms with van der Waals surface area (Å²) in [5, 5.41) is 0. The minimum Gasteiger partial charge on any atom is -0.463 e. The first-order valence-electron chi connectivity index (χ1n) is 17.5. The van der Waals surface area contributed by atoms with Crippen LogP contribution in [0.25, 0.3) is 0 Å². The van der Waals surface area contributed by atoms with Crippen LogP contribution in [0, 0.1) is 0 Å². The largest absolute Gasteiger partial charge is 0.463 e. The maximum absolute atomic E-state index is 11.9. The fourth-order valence-corrected chi connectivity index (χ4v) is 4.52. The Morgan fingerprint density at radius 3 is 1.26 bits per heavy atom. The molecule has 0 aromatic heterocycles. The van der Waals surface area contributed by atoms with Crippen molar-refractivity contribution in [2.24, 2.45) is 0 Å². The molecule has 0 bridgehead atoms. The van der Waals surface area contributed by atoms with Crippen molar-refractivity contribution in [1.82, 2.24) is 0 Å². The first-order valence-corrected chi connectivity index (χ1v) is 17.5. The van der Waals surface area contributed by atoms with Crippen LogP contribution < -0.4 is 0 Å². The number of benzene rings is 1. The summed E-state index contributed by atoms with van der Waals surface area (Å²) in [5.41, 5.74) is 0.297. The van der Waals surface area contributed by atoms with Gasteiger partial charge in [-0.15, -0.1) is 0 Å². The maximum Gasteiger partial charge on any atom is 0.379 e. The normalized spacial score (nSPS) is 11.1. The zero-order chi connectivity index (χ0) is 33.2. The molecule has 0 atom stereocenters. The van der Waals surface area contributed by atoms with E-state index in [1.54, 1.807) is 30.3 Å². The molecule has 0 aliphatic heterocycles. The Morgan fingerprint density at radius 1 is 0.457 bits per heavy atom. The molecule has 10 nitrogen and oxygen atoms in total. The van der Waals surface area contributed by atoms with Gasteiger partial charge < -0.3 is 33.2 Å². The third-order valence-corrected chi connectivity index (χ3v) is 7.15. The van der Waals surface area contributed by atoms with Crippen molar-refractivity contribution in [2.75, 3.05) is 79.3 Å². The van der Waals surface area contributed by atoms with Crippen molar-refractivity contribution in [3.8, 4) is 0 Å². The predicted molar refractivity (Wildman–Crippen MR) is 177 cm³/mol. The van der Waals surface area contributed by atoms with E-state index in [0.717, 1.165) is 12.8 Å². The Kier molecular flexibility index (Phi) is 29.5. The average Bonchev–Trinajstić information content (AvgIpc) is 3.07. The van der Waals surface area contributed by atoms with Gasteiger partial charge >= 0.3 is 11.9 Å². The highest BCUT2D eigenvalue weighted by Gasteiger charge is 2.17. The van der Waals surface area contributed by atoms with Gasteiger partial charge in [0.15, 0.2) is 0 Å². The quantitative estimate of drug-likeness (QED) is 0.0353. The number of unbranched alkanes of at least 4 members (excludes halogenated alkanes) is 12. The topological polar surface area (TPSA) is 116 Å². The second kappa shape index (κ2) is 32.6. The molecule has 46 heavy (non-hydrogen) atoms.